The number of rotatable bonds is 5. The Labute approximate surface area is 121 Å². The van der Waals surface area contributed by atoms with Crippen LogP contribution >= 0.6 is 0 Å². The smallest absolute Gasteiger partial charge is 0.242 e. The van der Waals surface area contributed by atoms with Gasteiger partial charge in [0.2, 0.25) is 10.0 Å². The van der Waals surface area contributed by atoms with Crippen molar-refractivity contribution in [2.45, 2.75) is 23.8 Å². The van der Waals surface area contributed by atoms with Crippen molar-refractivity contribution in [1.29, 1.82) is 0 Å². The van der Waals surface area contributed by atoms with Crippen LogP contribution in [0.4, 0.5) is 5.69 Å². The second kappa shape index (κ2) is 6.11. The van der Waals surface area contributed by atoms with E-state index in [1.165, 1.54) is 17.1 Å². The predicted molar refractivity (Wildman–Crippen MR) is 81.6 cm³/mol. The summed E-state index contributed by atoms with van der Waals surface area (Å²) in [5.74, 6) is 0. The lowest BCUT2D eigenvalue weighted by Gasteiger charge is -2.27. The molecule has 0 amide bonds. The Balaban J connectivity index is 2.20. The lowest BCUT2D eigenvalue weighted by atomic mass is 10.2. The quantitative estimate of drug-likeness (QED) is 0.885. The third-order valence-corrected chi connectivity index (χ3v) is 5.59. The number of nitrogens with zero attached hydrogens (tertiary/aromatic N) is 2. The molecule has 6 heteroatoms. The Morgan fingerprint density at radius 1 is 1.30 bits per heavy atom. The summed E-state index contributed by atoms with van der Waals surface area (Å²) < 4.78 is 25.3. The molecule has 1 fully saturated rings. The summed E-state index contributed by atoms with van der Waals surface area (Å²) in [6.45, 7) is 1.99. The van der Waals surface area contributed by atoms with Crippen LogP contribution < -0.4 is 10.2 Å². The summed E-state index contributed by atoms with van der Waals surface area (Å²) in [4.78, 5) is 2.69. The largest absolute Gasteiger partial charge is 0.367 e. The number of sulfonamides is 1. The number of benzene rings is 1. The molecule has 0 saturated carbocycles. The first-order valence-electron chi connectivity index (χ1n) is 6.90. The molecular formula is C14H23N3O2S. The highest BCUT2D eigenvalue weighted by Crippen LogP contribution is 2.26. The molecule has 1 aromatic carbocycles. The molecular weight excluding hydrogens is 274 g/mol. The van der Waals surface area contributed by atoms with Crippen LogP contribution in [-0.4, -0.2) is 53.0 Å². The van der Waals surface area contributed by atoms with Gasteiger partial charge in [0.15, 0.2) is 0 Å². The standard InChI is InChI=1S/C14H23N3O2S/c1-15-11-13-5-4-10-17(13)12-6-8-14(9-7-12)20(18,19)16(2)3/h6-9,13,15H,4-5,10-11H2,1-3H3. The van der Waals surface area contributed by atoms with Gasteiger partial charge < -0.3 is 10.2 Å². The van der Waals surface area contributed by atoms with Gasteiger partial charge in [-0.3, -0.25) is 0 Å². The van der Waals surface area contributed by atoms with E-state index < -0.39 is 10.0 Å². The summed E-state index contributed by atoms with van der Waals surface area (Å²) >= 11 is 0. The molecule has 0 radical (unpaired) electrons. The van der Waals surface area contributed by atoms with Gasteiger partial charge in [-0.2, -0.15) is 0 Å². The second-order valence-electron chi connectivity index (χ2n) is 5.33. The van der Waals surface area contributed by atoms with Crippen LogP contribution in [0.3, 0.4) is 0 Å². The highest BCUT2D eigenvalue weighted by molar-refractivity contribution is 7.89. The van der Waals surface area contributed by atoms with Crippen LogP contribution in [0, 0.1) is 0 Å². The highest BCUT2D eigenvalue weighted by atomic mass is 32.2. The molecule has 2 rings (SSSR count). The van der Waals surface area contributed by atoms with Crippen molar-refractivity contribution >= 4 is 15.7 Å². The van der Waals surface area contributed by atoms with E-state index >= 15 is 0 Å². The van der Waals surface area contributed by atoms with E-state index in [1.807, 2.05) is 19.2 Å². The van der Waals surface area contributed by atoms with Gasteiger partial charge in [-0.15, -0.1) is 0 Å². The molecule has 0 aliphatic carbocycles. The molecule has 0 aromatic heterocycles. The normalized spacial score (nSPS) is 19.8. The summed E-state index contributed by atoms with van der Waals surface area (Å²) in [5.41, 5.74) is 1.10. The number of anilines is 1. The zero-order chi connectivity index (χ0) is 14.8. The number of hydrogen-bond donors (Lipinski definition) is 1. The van der Waals surface area contributed by atoms with Gasteiger partial charge in [-0.25, -0.2) is 12.7 Å². The first-order valence-corrected chi connectivity index (χ1v) is 8.34. The molecule has 1 heterocycles. The van der Waals surface area contributed by atoms with Gasteiger partial charge in [0.25, 0.3) is 0 Å². The van der Waals surface area contributed by atoms with Crippen LogP contribution in [0.2, 0.25) is 0 Å². The molecule has 1 unspecified atom stereocenters. The molecule has 1 aromatic rings. The first kappa shape index (κ1) is 15.3. The molecule has 1 atom stereocenters. The zero-order valence-electron chi connectivity index (χ0n) is 12.3. The van der Waals surface area contributed by atoms with Crippen LogP contribution in [0.5, 0.6) is 0 Å². The van der Waals surface area contributed by atoms with Crippen LogP contribution in [-0.2, 0) is 10.0 Å². The third-order valence-electron chi connectivity index (χ3n) is 3.76. The van der Waals surface area contributed by atoms with Crippen molar-refractivity contribution in [3.05, 3.63) is 24.3 Å². The maximum absolute atomic E-state index is 12.0. The topological polar surface area (TPSA) is 52.7 Å². The van der Waals surface area contributed by atoms with Crippen molar-refractivity contribution in [2.24, 2.45) is 0 Å². The lowest BCUT2D eigenvalue weighted by molar-refractivity contribution is 0.520. The Hall–Kier alpha value is -1.11. The van der Waals surface area contributed by atoms with Crippen molar-refractivity contribution in [1.82, 2.24) is 9.62 Å². The first-order chi connectivity index (χ1) is 9.46. The minimum absolute atomic E-state index is 0.343. The summed E-state index contributed by atoms with van der Waals surface area (Å²) in [6, 6.07) is 7.70. The Morgan fingerprint density at radius 3 is 2.50 bits per heavy atom. The Bertz CT molecular complexity index is 540. The molecule has 1 N–H and O–H groups in total. The van der Waals surface area contributed by atoms with Gasteiger partial charge in [0.1, 0.15) is 0 Å². The van der Waals surface area contributed by atoms with Crippen LogP contribution in [0.15, 0.2) is 29.2 Å². The molecule has 0 bridgehead atoms. The zero-order valence-corrected chi connectivity index (χ0v) is 13.2. The van der Waals surface area contributed by atoms with Crippen LogP contribution in [0.25, 0.3) is 0 Å². The summed E-state index contributed by atoms with van der Waals surface area (Å²) in [6.07, 6.45) is 2.36. The van der Waals surface area contributed by atoms with Crippen molar-refractivity contribution in [3.63, 3.8) is 0 Å². The summed E-state index contributed by atoms with van der Waals surface area (Å²) in [7, 11) is 1.72. The van der Waals surface area contributed by atoms with Crippen molar-refractivity contribution in [2.75, 3.05) is 39.1 Å². The lowest BCUT2D eigenvalue weighted by Crippen LogP contribution is -2.36. The minimum Gasteiger partial charge on any atom is -0.367 e. The van der Waals surface area contributed by atoms with Crippen molar-refractivity contribution in [3.8, 4) is 0 Å². The highest BCUT2D eigenvalue weighted by Gasteiger charge is 2.24. The number of hydrogen-bond acceptors (Lipinski definition) is 4. The predicted octanol–water partition coefficient (Wildman–Crippen LogP) is 1.13. The van der Waals surface area contributed by atoms with Gasteiger partial charge >= 0.3 is 0 Å². The molecule has 112 valence electrons. The number of nitrogens with one attached hydrogen (secondary N) is 1. The van der Waals surface area contributed by atoms with E-state index in [2.05, 4.69) is 10.2 Å². The fourth-order valence-corrected chi connectivity index (χ4v) is 3.55. The van der Waals surface area contributed by atoms with E-state index in [0.717, 1.165) is 18.8 Å². The molecule has 1 aliphatic rings. The van der Waals surface area contributed by atoms with Gasteiger partial charge in [-0.05, 0) is 44.2 Å². The molecule has 20 heavy (non-hydrogen) atoms. The average molecular weight is 297 g/mol. The van der Waals surface area contributed by atoms with E-state index in [-0.39, 0.29) is 0 Å². The van der Waals surface area contributed by atoms with Gasteiger partial charge in [0.05, 0.1) is 4.90 Å². The average Bonchev–Trinajstić information content (AvgIpc) is 2.87. The fraction of sp³-hybridized carbons (Fsp3) is 0.571. The monoisotopic (exact) mass is 297 g/mol. The Kier molecular flexibility index (Phi) is 4.67. The van der Waals surface area contributed by atoms with E-state index in [1.54, 1.807) is 26.2 Å². The molecule has 1 saturated heterocycles. The third kappa shape index (κ3) is 2.97. The minimum atomic E-state index is -3.34. The second-order valence-corrected chi connectivity index (χ2v) is 7.48. The van der Waals surface area contributed by atoms with Crippen LogP contribution in [0.1, 0.15) is 12.8 Å². The fourth-order valence-electron chi connectivity index (χ4n) is 2.64. The van der Waals surface area contributed by atoms with E-state index in [4.69, 9.17) is 0 Å². The van der Waals surface area contributed by atoms with E-state index in [9.17, 15) is 8.42 Å². The molecule has 5 nitrogen and oxygen atoms in total. The maximum atomic E-state index is 12.0. The van der Waals surface area contributed by atoms with E-state index in [0.29, 0.717) is 10.9 Å². The van der Waals surface area contributed by atoms with Gasteiger partial charge in [-0.1, -0.05) is 0 Å². The molecule has 1 aliphatic heterocycles. The van der Waals surface area contributed by atoms with Gasteiger partial charge in [0, 0.05) is 38.9 Å². The number of likely N-dealkylation sites (N-methyl/N-ethyl adjacent to an activating group) is 1. The maximum Gasteiger partial charge on any atom is 0.242 e. The van der Waals surface area contributed by atoms with Crippen molar-refractivity contribution < 1.29 is 8.42 Å². The SMILES string of the molecule is CNCC1CCCN1c1ccc(S(=O)(=O)N(C)C)cc1. The molecule has 0 spiro atoms. The Morgan fingerprint density at radius 2 is 1.95 bits per heavy atom. The summed E-state index contributed by atoms with van der Waals surface area (Å²) in [5, 5.41) is 3.22.